The molecule has 0 fully saturated rings. The van der Waals surface area contributed by atoms with Gasteiger partial charge < -0.3 is 5.32 Å². The fourth-order valence-corrected chi connectivity index (χ4v) is 1.61. The van der Waals surface area contributed by atoms with Crippen LogP contribution in [0.25, 0.3) is 0 Å². The molecule has 3 nitrogen and oxygen atoms in total. The van der Waals surface area contributed by atoms with Crippen LogP contribution < -0.4 is 5.32 Å². The van der Waals surface area contributed by atoms with Gasteiger partial charge in [0.25, 0.3) is 0 Å². The highest BCUT2D eigenvalue weighted by molar-refractivity contribution is 5.18. The third kappa shape index (κ3) is 3.85. The minimum absolute atomic E-state index is 0.540. The van der Waals surface area contributed by atoms with E-state index in [1.54, 1.807) is 18.5 Å². The van der Waals surface area contributed by atoms with Gasteiger partial charge in [-0.3, -0.25) is 0 Å². The third-order valence-electron chi connectivity index (χ3n) is 2.42. The van der Waals surface area contributed by atoms with E-state index in [9.17, 15) is 8.78 Å². The van der Waals surface area contributed by atoms with Crippen molar-refractivity contribution < 1.29 is 8.78 Å². The van der Waals surface area contributed by atoms with Gasteiger partial charge in [-0.1, -0.05) is 0 Å². The van der Waals surface area contributed by atoms with Gasteiger partial charge in [-0.15, -0.1) is 0 Å². The SMILES string of the molecule is Fc1cc(F)cc(CCNCc2ncccn2)c1. The van der Waals surface area contributed by atoms with E-state index >= 15 is 0 Å². The van der Waals surface area contributed by atoms with E-state index in [-0.39, 0.29) is 0 Å². The van der Waals surface area contributed by atoms with Gasteiger partial charge in [0, 0.05) is 18.5 Å². The molecule has 1 aromatic carbocycles. The van der Waals surface area contributed by atoms with Crippen LogP contribution in [0.4, 0.5) is 8.78 Å². The van der Waals surface area contributed by atoms with Crippen molar-refractivity contribution in [1.29, 1.82) is 0 Å². The first-order valence-corrected chi connectivity index (χ1v) is 5.65. The standard InChI is InChI=1S/C13H13F2N3/c14-11-6-10(7-12(15)8-11)2-5-16-9-13-17-3-1-4-18-13/h1,3-4,6-8,16H,2,5,9H2. The van der Waals surface area contributed by atoms with Gasteiger partial charge in [0.15, 0.2) is 0 Å². The summed E-state index contributed by atoms with van der Waals surface area (Å²) < 4.78 is 25.8. The van der Waals surface area contributed by atoms with Crippen molar-refractivity contribution in [3.63, 3.8) is 0 Å². The lowest BCUT2D eigenvalue weighted by Gasteiger charge is -2.04. The summed E-state index contributed by atoms with van der Waals surface area (Å²) in [6.45, 7) is 1.15. The molecule has 1 aromatic heterocycles. The summed E-state index contributed by atoms with van der Waals surface area (Å²) in [4.78, 5) is 8.12. The van der Waals surface area contributed by atoms with Crippen LogP contribution in [0.5, 0.6) is 0 Å². The predicted molar refractivity (Wildman–Crippen MR) is 63.8 cm³/mol. The average molecular weight is 249 g/mol. The second kappa shape index (κ2) is 6.16. The first kappa shape index (κ1) is 12.6. The molecule has 0 saturated heterocycles. The van der Waals surface area contributed by atoms with Crippen LogP contribution >= 0.6 is 0 Å². The van der Waals surface area contributed by atoms with E-state index in [0.29, 0.717) is 30.9 Å². The zero-order valence-corrected chi connectivity index (χ0v) is 9.74. The smallest absolute Gasteiger partial charge is 0.141 e. The van der Waals surface area contributed by atoms with Crippen molar-refractivity contribution >= 4 is 0 Å². The number of aromatic nitrogens is 2. The Bertz CT molecular complexity index is 483. The molecule has 1 heterocycles. The Balaban J connectivity index is 1.78. The summed E-state index contributed by atoms with van der Waals surface area (Å²) in [7, 11) is 0. The van der Waals surface area contributed by atoms with E-state index < -0.39 is 11.6 Å². The molecule has 0 aliphatic heterocycles. The van der Waals surface area contributed by atoms with Gasteiger partial charge in [-0.25, -0.2) is 18.7 Å². The molecule has 5 heteroatoms. The summed E-state index contributed by atoms with van der Waals surface area (Å²) in [5, 5.41) is 3.12. The Morgan fingerprint density at radius 2 is 1.67 bits per heavy atom. The number of rotatable bonds is 5. The largest absolute Gasteiger partial charge is 0.310 e. The van der Waals surface area contributed by atoms with Gasteiger partial charge in [0.05, 0.1) is 6.54 Å². The molecule has 0 unspecified atom stereocenters. The van der Waals surface area contributed by atoms with Crippen molar-refractivity contribution in [2.45, 2.75) is 13.0 Å². The second-order valence-electron chi connectivity index (χ2n) is 3.87. The van der Waals surface area contributed by atoms with Crippen molar-refractivity contribution in [2.24, 2.45) is 0 Å². The van der Waals surface area contributed by atoms with Gasteiger partial charge in [0.1, 0.15) is 17.5 Å². The molecule has 18 heavy (non-hydrogen) atoms. The fourth-order valence-electron chi connectivity index (χ4n) is 1.61. The monoisotopic (exact) mass is 249 g/mol. The number of hydrogen-bond donors (Lipinski definition) is 1. The number of benzene rings is 1. The van der Waals surface area contributed by atoms with Gasteiger partial charge in [-0.05, 0) is 36.7 Å². The molecule has 0 bridgehead atoms. The van der Waals surface area contributed by atoms with Gasteiger partial charge in [-0.2, -0.15) is 0 Å². The molecule has 1 N–H and O–H groups in total. The lowest BCUT2D eigenvalue weighted by molar-refractivity contribution is 0.577. The summed E-state index contributed by atoms with van der Waals surface area (Å²) in [5.41, 5.74) is 0.633. The molecule has 0 amide bonds. The summed E-state index contributed by atoms with van der Waals surface area (Å²) in [6.07, 6.45) is 3.90. The average Bonchev–Trinajstić information content (AvgIpc) is 2.35. The Morgan fingerprint density at radius 3 is 2.33 bits per heavy atom. The number of hydrogen-bond acceptors (Lipinski definition) is 3. The second-order valence-corrected chi connectivity index (χ2v) is 3.87. The number of halogens is 2. The van der Waals surface area contributed by atoms with E-state index in [4.69, 9.17) is 0 Å². The lowest BCUT2D eigenvalue weighted by atomic mass is 10.1. The zero-order valence-electron chi connectivity index (χ0n) is 9.74. The zero-order chi connectivity index (χ0) is 12.8. The highest BCUT2D eigenvalue weighted by Crippen LogP contribution is 2.08. The van der Waals surface area contributed by atoms with E-state index in [2.05, 4.69) is 15.3 Å². The normalized spacial score (nSPS) is 10.6. The van der Waals surface area contributed by atoms with Crippen LogP contribution in [0.1, 0.15) is 11.4 Å². The summed E-state index contributed by atoms with van der Waals surface area (Å²) >= 11 is 0. The molecule has 2 aromatic rings. The molecule has 94 valence electrons. The lowest BCUT2D eigenvalue weighted by Crippen LogP contribution is -2.18. The fraction of sp³-hybridized carbons (Fsp3) is 0.231. The number of nitrogens with zero attached hydrogens (tertiary/aromatic N) is 2. The van der Waals surface area contributed by atoms with Crippen molar-refractivity contribution in [3.8, 4) is 0 Å². The van der Waals surface area contributed by atoms with Gasteiger partial charge in [0.2, 0.25) is 0 Å². The Hall–Kier alpha value is -1.88. The molecule has 0 aliphatic rings. The van der Waals surface area contributed by atoms with E-state index in [0.717, 1.165) is 6.07 Å². The predicted octanol–water partition coefficient (Wildman–Crippen LogP) is 2.09. The van der Waals surface area contributed by atoms with Crippen molar-refractivity contribution in [2.75, 3.05) is 6.54 Å². The maximum absolute atomic E-state index is 12.9. The Morgan fingerprint density at radius 1 is 1.00 bits per heavy atom. The Kier molecular flexibility index (Phi) is 4.30. The highest BCUT2D eigenvalue weighted by atomic mass is 19.1. The maximum atomic E-state index is 12.9. The van der Waals surface area contributed by atoms with Crippen LogP contribution in [0.2, 0.25) is 0 Å². The van der Waals surface area contributed by atoms with Gasteiger partial charge >= 0.3 is 0 Å². The van der Waals surface area contributed by atoms with E-state index in [1.807, 2.05) is 0 Å². The summed E-state index contributed by atoms with van der Waals surface area (Å²) in [6, 6.07) is 5.29. The molecule has 0 saturated carbocycles. The first-order valence-electron chi connectivity index (χ1n) is 5.65. The molecular formula is C13H13F2N3. The minimum Gasteiger partial charge on any atom is -0.310 e. The molecule has 2 rings (SSSR count). The summed E-state index contributed by atoms with van der Waals surface area (Å²) in [5.74, 6) is -0.393. The topological polar surface area (TPSA) is 37.8 Å². The highest BCUT2D eigenvalue weighted by Gasteiger charge is 2.00. The number of nitrogens with one attached hydrogen (secondary N) is 1. The minimum atomic E-state index is -0.545. The van der Waals surface area contributed by atoms with Crippen molar-refractivity contribution in [3.05, 3.63) is 59.7 Å². The third-order valence-corrected chi connectivity index (χ3v) is 2.42. The van der Waals surface area contributed by atoms with Crippen LogP contribution in [-0.2, 0) is 13.0 Å². The Labute approximate surface area is 104 Å². The molecule has 0 atom stereocenters. The molecule has 0 spiro atoms. The molecule has 0 radical (unpaired) electrons. The molecular weight excluding hydrogens is 236 g/mol. The van der Waals surface area contributed by atoms with Crippen LogP contribution in [0.3, 0.4) is 0 Å². The van der Waals surface area contributed by atoms with Crippen molar-refractivity contribution in [1.82, 2.24) is 15.3 Å². The maximum Gasteiger partial charge on any atom is 0.141 e. The van der Waals surface area contributed by atoms with Crippen LogP contribution in [-0.4, -0.2) is 16.5 Å². The molecule has 0 aliphatic carbocycles. The van der Waals surface area contributed by atoms with Crippen LogP contribution in [0.15, 0.2) is 36.7 Å². The first-order chi connectivity index (χ1) is 8.74. The quantitative estimate of drug-likeness (QED) is 0.824. The van der Waals surface area contributed by atoms with Crippen LogP contribution in [0, 0.1) is 11.6 Å². The van der Waals surface area contributed by atoms with E-state index in [1.165, 1.54) is 12.1 Å².